The maximum absolute atomic E-state index is 11.9. The number of rotatable bonds is 2. The van der Waals surface area contributed by atoms with Crippen LogP contribution in [0, 0.1) is 5.92 Å². The zero-order valence-electron chi connectivity index (χ0n) is 9.77. The van der Waals surface area contributed by atoms with Crippen molar-refractivity contribution in [2.45, 2.75) is 6.42 Å². The number of nitrogens with two attached hydrogens (primary N) is 1. The van der Waals surface area contributed by atoms with Crippen LogP contribution in [-0.4, -0.2) is 25.9 Å². The highest BCUT2D eigenvalue weighted by molar-refractivity contribution is 5.96. The van der Waals surface area contributed by atoms with Gasteiger partial charge >= 0.3 is 0 Å². The Labute approximate surface area is 104 Å². The lowest BCUT2D eigenvalue weighted by Gasteiger charge is -2.12. The highest BCUT2D eigenvalue weighted by Gasteiger charge is 2.25. The first-order valence-corrected chi connectivity index (χ1v) is 5.82. The van der Waals surface area contributed by atoms with E-state index in [1.54, 1.807) is 12.1 Å². The van der Waals surface area contributed by atoms with E-state index in [0.717, 1.165) is 6.42 Å². The largest absolute Gasteiger partial charge is 0.454 e. The average molecular weight is 250 g/mol. The second-order valence-corrected chi connectivity index (χ2v) is 4.34. The van der Waals surface area contributed by atoms with Crippen LogP contribution in [0.3, 0.4) is 0 Å². The Morgan fingerprint density at radius 2 is 2.11 bits per heavy atom. The summed E-state index contributed by atoms with van der Waals surface area (Å²) in [5.41, 5.74) is 6.88. The first kappa shape index (κ1) is 11.2. The third-order valence-electron chi connectivity index (χ3n) is 3.10. The molecule has 1 unspecified atom stereocenters. The molecule has 3 rings (SSSR count). The zero-order valence-corrected chi connectivity index (χ0v) is 9.77. The van der Waals surface area contributed by atoms with Gasteiger partial charge in [-0.05, 0) is 6.42 Å². The van der Waals surface area contributed by atoms with Crippen molar-refractivity contribution in [1.82, 2.24) is 0 Å². The van der Waals surface area contributed by atoms with Gasteiger partial charge in [0.1, 0.15) is 0 Å². The molecule has 96 valence electrons. The molecule has 2 aliphatic heterocycles. The van der Waals surface area contributed by atoms with Gasteiger partial charge in [-0.1, -0.05) is 0 Å². The topological polar surface area (TPSA) is 82.8 Å². The molecule has 0 aromatic heterocycles. The van der Waals surface area contributed by atoms with Gasteiger partial charge in [-0.25, -0.2) is 0 Å². The molecule has 1 fully saturated rings. The van der Waals surface area contributed by atoms with E-state index >= 15 is 0 Å². The molecule has 0 bridgehead atoms. The molecule has 1 aromatic carbocycles. The molecule has 2 heterocycles. The molecule has 6 heteroatoms. The van der Waals surface area contributed by atoms with E-state index in [1.165, 1.54) is 0 Å². The normalized spacial score (nSPS) is 21.0. The molecule has 18 heavy (non-hydrogen) atoms. The van der Waals surface area contributed by atoms with Crippen molar-refractivity contribution in [3.63, 3.8) is 0 Å². The fourth-order valence-corrected chi connectivity index (χ4v) is 2.04. The number of nitrogen functional groups attached to an aromatic ring is 1. The quantitative estimate of drug-likeness (QED) is 0.764. The maximum atomic E-state index is 11.9. The summed E-state index contributed by atoms with van der Waals surface area (Å²) in [4.78, 5) is 11.9. The standard InChI is InChI=1S/C12H14N2O4/c13-8-3-10-11(18-6-17-10)4-9(8)14-12(15)7-1-2-16-5-7/h3-4,7H,1-2,5-6,13H2,(H,14,15). The molecule has 0 aliphatic carbocycles. The number of carbonyl (C=O) groups excluding carboxylic acids is 1. The van der Waals surface area contributed by atoms with Crippen molar-refractivity contribution in [2.75, 3.05) is 31.1 Å². The second-order valence-electron chi connectivity index (χ2n) is 4.34. The third-order valence-corrected chi connectivity index (χ3v) is 3.10. The van der Waals surface area contributed by atoms with Gasteiger partial charge in [0.15, 0.2) is 11.5 Å². The van der Waals surface area contributed by atoms with Crippen LogP contribution in [0.15, 0.2) is 12.1 Å². The van der Waals surface area contributed by atoms with E-state index in [0.29, 0.717) is 36.1 Å². The van der Waals surface area contributed by atoms with Gasteiger partial charge in [0.05, 0.1) is 23.9 Å². The SMILES string of the molecule is Nc1cc2c(cc1NC(=O)C1CCOC1)OCO2. The maximum Gasteiger partial charge on any atom is 0.231 e. The molecule has 1 amide bonds. The van der Waals surface area contributed by atoms with Crippen molar-refractivity contribution in [3.8, 4) is 11.5 Å². The summed E-state index contributed by atoms with van der Waals surface area (Å²) >= 11 is 0. The Morgan fingerprint density at radius 3 is 2.83 bits per heavy atom. The summed E-state index contributed by atoms with van der Waals surface area (Å²) in [6.45, 7) is 1.29. The Balaban J connectivity index is 1.78. The van der Waals surface area contributed by atoms with Crippen LogP contribution >= 0.6 is 0 Å². The summed E-state index contributed by atoms with van der Waals surface area (Å²) in [7, 11) is 0. The number of carbonyl (C=O) groups is 1. The van der Waals surface area contributed by atoms with Gasteiger partial charge in [-0.15, -0.1) is 0 Å². The number of fused-ring (bicyclic) bond motifs is 1. The summed E-state index contributed by atoms with van der Waals surface area (Å²) < 4.78 is 15.6. The van der Waals surface area contributed by atoms with Gasteiger partial charge in [-0.2, -0.15) is 0 Å². The summed E-state index contributed by atoms with van der Waals surface area (Å²) in [6.07, 6.45) is 0.746. The van der Waals surface area contributed by atoms with Crippen LogP contribution in [0.2, 0.25) is 0 Å². The molecular formula is C12H14N2O4. The highest BCUT2D eigenvalue weighted by Crippen LogP contribution is 2.38. The minimum absolute atomic E-state index is 0.0712. The Kier molecular flexibility index (Phi) is 2.71. The Bertz CT molecular complexity index is 483. The Hall–Kier alpha value is -1.95. The summed E-state index contributed by atoms with van der Waals surface area (Å²) in [5.74, 6) is 1.03. The van der Waals surface area contributed by atoms with Crippen LogP contribution in [0.4, 0.5) is 11.4 Å². The van der Waals surface area contributed by atoms with E-state index in [1.807, 2.05) is 0 Å². The molecule has 0 radical (unpaired) electrons. The molecular weight excluding hydrogens is 236 g/mol. The monoisotopic (exact) mass is 250 g/mol. The van der Waals surface area contributed by atoms with Crippen LogP contribution in [0.5, 0.6) is 11.5 Å². The van der Waals surface area contributed by atoms with E-state index in [2.05, 4.69) is 5.32 Å². The zero-order chi connectivity index (χ0) is 12.5. The molecule has 3 N–H and O–H groups in total. The average Bonchev–Trinajstić information content (AvgIpc) is 2.98. The predicted molar refractivity (Wildman–Crippen MR) is 64.5 cm³/mol. The van der Waals surface area contributed by atoms with E-state index in [9.17, 15) is 4.79 Å². The lowest BCUT2D eigenvalue weighted by molar-refractivity contribution is -0.119. The van der Waals surface area contributed by atoms with Gasteiger partial charge in [0, 0.05) is 18.7 Å². The number of ether oxygens (including phenoxy) is 3. The number of anilines is 2. The fourth-order valence-electron chi connectivity index (χ4n) is 2.04. The van der Waals surface area contributed by atoms with Crippen molar-refractivity contribution >= 4 is 17.3 Å². The molecule has 6 nitrogen and oxygen atoms in total. The Morgan fingerprint density at radius 1 is 1.33 bits per heavy atom. The number of hydrogen-bond donors (Lipinski definition) is 2. The summed E-state index contributed by atoms with van der Waals surface area (Å²) in [6, 6.07) is 3.34. The lowest BCUT2D eigenvalue weighted by Crippen LogP contribution is -2.23. The predicted octanol–water partition coefficient (Wildman–Crippen LogP) is 0.972. The van der Waals surface area contributed by atoms with Gasteiger partial charge < -0.3 is 25.3 Å². The van der Waals surface area contributed by atoms with Gasteiger partial charge in [0.25, 0.3) is 0 Å². The van der Waals surface area contributed by atoms with E-state index in [-0.39, 0.29) is 18.6 Å². The molecule has 1 atom stereocenters. The number of amides is 1. The first-order chi connectivity index (χ1) is 8.74. The molecule has 2 aliphatic rings. The van der Waals surface area contributed by atoms with Crippen molar-refractivity contribution < 1.29 is 19.0 Å². The van der Waals surface area contributed by atoms with E-state index in [4.69, 9.17) is 19.9 Å². The molecule has 1 saturated heterocycles. The highest BCUT2D eigenvalue weighted by atomic mass is 16.7. The lowest BCUT2D eigenvalue weighted by atomic mass is 10.1. The van der Waals surface area contributed by atoms with Crippen LogP contribution in [0.1, 0.15) is 6.42 Å². The number of nitrogens with one attached hydrogen (secondary N) is 1. The molecule has 1 aromatic rings. The van der Waals surface area contributed by atoms with Crippen molar-refractivity contribution in [3.05, 3.63) is 12.1 Å². The second kappa shape index (κ2) is 4.38. The first-order valence-electron chi connectivity index (χ1n) is 5.82. The molecule has 0 saturated carbocycles. The van der Waals surface area contributed by atoms with Crippen molar-refractivity contribution in [2.24, 2.45) is 5.92 Å². The van der Waals surface area contributed by atoms with E-state index < -0.39 is 0 Å². The minimum atomic E-state index is -0.102. The summed E-state index contributed by atoms with van der Waals surface area (Å²) in [5, 5.41) is 2.80. The van der Waals surface area contributed by atoms with Gasteiger partial charge in [-0.3, -0.25) is 4.79 Å². The minimum Gasteiger partial charge on any atom is -0.454 e. The smallest absolute Gasteiger partial charge is 0.231 e. The van der Waals surface area contributed by atoms with Crippen molar-refractivity contribution in [1.29, 1.82) is 0 Å². The third kappa shape index (κ3) is 1.95. The van der Waals surface area contributed by atoms with Crippen LogP contribution in [-0.2, 0) is 9.53 Å². The van der Waals surface area contributed by atoms with Crippen LogP contribution < -0.4 is 20.5 Å². The van der Waals surface area contributed by atoms with Gasteiger partial charge in [0.2, 0.25) is 12.7 Å². The molecule has 0 spiro atoms. The number of benzene rings is 1. The number of hydrogen-bond acceptors (Lipinski definition) is 5. The van der Waals surface area contributed by atoms with Crippen LogP contribution in [0.25, 0.3) is 0 Å². The fraction of sp³-hybridized carbons (Fsp3) is 0.417.